The minimum absolute atomic E-state index is 0.222. The number of imidazole rings is 1. The quantitative estimate of drug-likeness (QED) is 0.548. The fourth-order valence-corrected chi connectivity index (χ4v) is 2.13. The predicted octanol–water partition coefficient (Wildman–Crippen LogP) is 1.59. The number of benzene rings is 1. The van der Waals surface area contributed by atoms with Gasteiger partial charge in [-0.3, -0.25) is 5.10 Å². The van der Waals surface area contributed by atoms with Crippen molar-refractivity contribution in [3.63, 3.8) is 0 Å². The molecule has 86 valence electrons. The molecule has 3 rings (SSSR count). The number of H-pyrrole nitrogens is 3. The standard InChI is InChI=1S/C10H8BrN5O/c11-7-8(15-16-9(7)12)4-1-2-5-6(3-4)14-10(17)13-5/h1-3H,(H3,12,15,16)(H2,13,14,17). The molecular formula is C10H8BrN5O. The highest BCUT2D eigenvalue weighted by Crippen LogP contribution is 2.30. The molecule has 0 aliphatic rings. The highest BCUT2D eigenvalue weighted by molar-refractivity contribution is 9.10. The number of rotatable bonds is 1. The molecular weight excluding hydrogens is 286 g/mol. The maximum atomic E-state index is 11.1. The number of nitrogen functional groups attached to an aromatic ring is 1. The third-order valence-electron chi connectivity index (χ3n) is 2.54. The first-order chi connectivity index (χ1) is 8.15. The van der Waals surface area contributed by atoms with Crippen molar-refractivity contribution in [3.05, 3.63) is 33.2 Å². The molecule has 0 unspecified atom stereocenters. The second-order valence-electron chi connectivity index (χ2n) is 3.64. The van der Waals surface area contributed by atoms with Crippen LogP contribution in [0.15, 0.2) is 27.5 Å². The first-order valence-corrected chi connectivity index (χ1v) is 5.66. The lowest BCUT2D eigenvalue weighted by Gasteiger charge is -1.98. The first-order valence-electron chi connectivity index (χ1n) is 4.87. The lowest BCUT2D eigenvalue weighted by atomic mass is 10.1. The molecule has 3 aromatic rings. The summed E-state index contributed by atoms with van der Waals surface area (Å²) in [4.78, 5) is 16.5. The second-order valence-corrected chi connectivity index (χ2v) is 4.43. The van der Waals surface area contributed by atoms with Crippen LogP contribution in [0.2, 0.25) is 0 Å². The number of nitrogens with two attached hydrogens (primary N) is 1. The van der Waals surface area contributed by atoms with E-state index in [1.807, 2.05) is 18.2 Å². The average molecular weight is 294 g/mol. The normalized spacial score (nSPS) is 11.1. The Balaban J connectivity index is 2.24. The lowest BCUT2D eigenvalue weighted by molar-refractivity contribution is 1.10. The largest absolute Gasteiger partial charge is 0.381 e. The van der Waals surface area contributed by atoms with Gasteiger partial charge in [0.05, 0.1) is 21.2 Å². The van der Waals surface area contributed by atoms with Gasteiger partial charge in [0.25, 0.3) is 0 Å². The minimum Gasteiger partial charge on any atom is -0.381 e. The summed E-state index contributed by atoms with van der Waals surface area (Å²) in [6, 6.07) is 5.56. The summed E-state index contributed by atoms with van der Waals surface area (Å²) in [6.45, 7) is 0. The zero-order valence-electron chi connectivity index (χ0n) is 8.54. The fraction of sp³-hybridized carbons (Fsp3) is 0. The third-order valence-corrected chi connectivity index (χ3v) is 3.34. The number of fused-ring (bicyclic) bond motifs is 1. The zero-order valence-corrected chi connectivity index (χ0v) is 10.1. The SMILES string of the molecule is Nc1n[nH]c(-c2ccc3[nH]c(=O)[nH]c3c2)c1Br. The van der Waals surface area contributed by atoms with Gasteiger partial charge in [0.15, 0.2) is 5.82 Å². The first kappa shape index (κ1) is 10.2. The smallest absolute Gasteiger partial charge is 0.323 e. The van der Waals surface area contributed by atoms with E-state index in [-0.39, 0.29) is 5.69 Å². The van der Waals surface area contributed by atoms with Gasteiger partial charge < -0.3 is 15.7 Å². The Kier molecular flexibility index (Phi) is 2.08. The van der Waals surface area contributed by atoms with Crippen molar-refractivity contribution < 1.29 is 0 Å². The van der Waals surface area contributed by atoms with Crippen molar-refractivity contribution in [2.75, 3.05) is 5.73 Å². The van der Waals surface area contributed by atoms with Gasteiger partial charge in [0, 0.05) is 5.56 Å². The maximum absolute atomic E-state index is 11.1. The van der Waals surface area contributed by atoms with Gasteiger partial charge in [-0.2, -0.15) is 5.10 Å². The molecule has 0 spiro atoms. The molecule has 0 amide bonds. The number of aromatic amines is 3. The molecule has 0 fully saturated rings. The van der Waals surface area contributed by atoms with E-state index in [4.69, 9.17) is 5.73 Å². The van der Waals surface area contributed by atoms with Crippen molar-refractivity contribution in [2.45, 2.75) is 0 Å². The number of halogens is 1. The number of aromatic nitrogens is 4. The number of nitrogens with zero attached hydrogens (tertiary/aromatic N) is 1. The summed E-state index contributed by atoms with van der Waals surface area (Å²) in [5.41, 5.74) is 8.60. The monoisotopic (exact) mass is 293 g/mol. The number of hydrogen-bond donors (Lipinski definition) is 4. The topological polar surface area (TPSA) is 103 Å². The van der Waals surface area contributed by atoms with Crippen molar-refractivity contribution in [1.29, 1.82) is 0 Å². The van der Waals surface area contributed by atoms with Crippen LogP contribution in [0.5, 0.6) is 0 Å². The molecule has 7 heteroatoms. The molecule has 6 nitrogen and oxygen atoms in total. The van der Waals surface area contributed by atoms with E-state index in [0.717, 1.165) is 26.8 Å². The average Bonchev–Trinajstić information content (AvgIpc) is 2.81. The Hall–Kier alpha value is -2.02. The van der Waals surface area contributed by atoms with Crippen molar-refractivity contribution in [1.82, 2.24) is 20.2 Å². The highest BCUT2D eigenvalue weighted by atomic mass is 79.9. The van der Waals surface area contributed by atoms with Crippen molar-refractivity contribution in [3.8, 4) is 11.3 Å². The van der Waals surface area contributed by atoms with Crippen LogP contribution in [0.1, 0.15) is 0 Å². The summed E-state index contributed by atoms with van der Waals surface area (Å²) in [6.07, 6.45) is 0. The van der Waals surface area contributed by atoms with Crippen LogP contribution in [0.3, 0.4) is 0 Å². The Morgan fingerprint density at radius 3 is 2.71 bits per heavy atom. The van der Waals surface area contributed by atoms with E-state index in [1.165, 1.54) is 0 Å². The Morgan fingerprint density at radius 2 is 2.00 bits per heavy atom. The molecule has 0 bridgehead atoms. The fourth-order valence-electron chi connectivity index (χ4n) is 1.72. The molecule has 17 heavy (non-hydrogen) atoms. The summed E-state index contributed by atoms with van der Waals surface area (Å²) in [5.74, 6) is 0.405. The number of anilines is 1. The molecule has 2 aromatic heterocycles. The molecule has 0 aliphatic heterocycles. The lowest BCUT2D eigenvalue weighted by Crippen LogP contribution is -1.99. The predicted molar refractivity (Wildman–Crippen MR) is 68.6 cm³/mol. The van der Waals surface area contributed by atoms with Gasteiger partial charge in [-0.25, -0.2) is 4.79 Å². The maximum Gasteiger partial charge on any atom is 0.323 e. The van der Waals surface area contributed by atoms with E-state index < -0.39 is 0 Å². The summed E-state index contributed by atoms with van der Waals surface area (Å²) in [7, 11) is 0. The van der Waals surface area contributed by atoms with Crippen LogP contribution in [-0.2, 0) is 0 Å². The van der Waals surface area contributed by atoms with E-state index >= 15 is 0 Å². The van der Waals surface area contributed by atoms with Crippen LogP contribution in [0.4, 0.5) is 5.82 Å². The Labute approximate surface area is 103 Å². The Bertz CT molecular complexity index is 753. The summed E-state index contributed by atoms with van der Waals surface area (Å²) >= 11 is 3.36. The van der Waals surface area contributed by atoms with Crippen LogP contribution in [-0.4, -0.2) is 20.2 Å². The summed E-state index contributed by atoms with van der Waals surface area (Å²) in [5, 5.41) is 6.74. The van der Waals surface area contributed by atoms with Gasteiger partial charge in [0.1, 0.15) is 0 Å². The van der Waals surface area contributed by atoms with Gasteiger partial charge in [-0.05, 0) is 28.1 Å². The van der Waals surface area contributed by atoms with Crippen LogP contribution >= 0.6 is 15.9 Å². The molecule has 2 heterocycles. The van der Waals surface area contributed by atoms with E-state index in [9.17, 15) is 4.79 Å². The van der Waals surface area contributed by atoms with Gasteiger partial charge in [-0.15, -0.1) is 0 Å². The molecule has 0 saturated heterocycles. The van der Waals surface area contributed by atoms with E-state index in [2.05, 4.69) is 36.1 Å². The molecule has 0 radical (unpaired) electrons. The van der Waals surface area contributed by atoms with Crippen LogP contribution in [0, 0.1) is 0 Å². The number of hydrogen-bond acceptors (Lipinski definition) is 3. The highest BCUT2D eigenvalue weighted by Gasteiger charge is 2.10. The molecule has 5 N–H and O–H groups in total. The van der Waals surface area contributed by atoms with Crippen LogP contribution < -0.4 is 11.4 Å². The van der Waals surface area contributed by atoms with Gasteiger partial charge in [-0.1, -0.05) is 6.07 Å². The van der Waals surface area contributed by atoms with Gasteiger partial charge in [0.2, 0.25) is 0 Å². The van der Waals surface area contributed by atoms with Crippen molar-refractivity contribution in [2.24, 2.45) is 0 Å². The molecule has 1 aromatic carbocycles. The minimum atomic E-state index is -0.222. The molecule has 0 saturated carbocycles. The number of nitrogens with one attached hydrogen (secondary N) is 3. The molecule has 0 atom stereocenters. The summed E-state index contributed by atoms with van der Waals surface area (Å²) < 4.78 is 0.717. The Morgan fingerprint density at radius 1 is 1.24 bits per heavy atom. The third kappa shape index (κ3) is 1.55. The zero-order chi connectivity index (χ0) is 12.0. The van der Waals surface area contributed by atoms with E-state index in [0.29, 0.717) is 5.82 Å². The van der Waals surface area contributed by atoms with Crippen LogP contribution in [0.25, 0.3) is 22.3 Å². The van der Waals surface area contributed by atoms with Gasteiger partial charge >= 0.3 is 5.69 Å². The van der Waals surface area contributed by atoms with E-state index in [1.54, 1.807) is 0 Å². The van der Waals surface area contributed by atoms with Crippen molar-refractivity contribution >= 4 is 32.8 Å². The second kappa shape index (κ2) is 3.49. The molecule has 0 aliphatic carbocycles.